The molecule has 0 aliphatic heterocycles. The van der Waals surface area contributed by atoms with Gasteiger partial charge >= 0.3 is 0 Å². The Morgan fingerprint density at radius 1 is 1.24 bits per heavy atom. The number of methoxy groups -OCH3 is 2. The fraction of sp³-hybridized carbons (Fsp3) is 0.333. The minimum atomic E-state index is 0. The van der Waals surface area contributed by atoms with Crippen molar-refractivity contribution in [3.05, 3.63) is 23.9 Å². The molecule has 4 nitrogen and oxygen atoms in total. The van der Waals surface area contributed by atoms with E-state index < -0.39 is 0 Å². The van der Waals surface area contributed by atoms with Gasteiger partial charge < -0.3 is 20.2 Å². The highest BCUT2D eigenvalue weighted by molar-refractivity contribution is 5.90. The van der Waals surface area contributed by atoms with Gasteiger partial charge in [0, 0.05) is 17.6 Å². The first-order valence-corrected chi connectivity index (χ1v) is 5.22. The van der Waals surface area contributed by atoms with Gasteiger partial charge in [0.25, 0.3) is 0 Å². The molecule has 1 aromatic carbocycles. The number of nitrogens with one attached hydrogen (secondary N) is 1. The van der Waals surface area contributed by atoms with E-state index in [4.69, 9.17) is 15.2 Å². The van der Waals surface area contributed by atoms with Gasteiger partial charge in [0.05, 0.1) is 19.7 Å². The fourth-order valence-corrected chi connectivity index (χ4v) is 1.87. The van der Waals surface area contributed by atoms with Crippen LogP contribution in [0, 0.1) is 0 Å². The summed E-state index contributed by atoms with van der Waals surface area (Å²) in [5.41, 5.74) is 7.76. The van der Waals surface area contributed by atoms with Crippen LogP contribution in [0.25, 0.3) is 10.9 Å². The van der Waals surface area contributed by atoms with Crippen molar-refractivity contribution >= 4 is 23.3 Å². The van der Waals surface area contributed by atoms with Crippen LogP contribution in [0.5, 0.6) is 11.5 Å². The molecule has 0 atom stereocenters. The van der Waals surface area contributed by atoms with Crippen LogP contribution in [0.4, 0.5) is 0 Å². The van der Waals surface area contributed by atoms with Gasteiger partial charge in [0.1, 0.15) is 11.5 Å². The van der Waals surface area contributed by atoms with Gasteiger partial charge in [-0.2, -0.15) is 0 Å². The molecule has 2 aromatic rings. The molecule has 2 rings (SSSR count). The van der Waals surface area contributed by atoms with Crippen molar-refractivity contribution < 1.29 is 9.47 Å². The second-order valence-electron chi connectivity index (χ2n) is 3.60. The number of H-pyrrole nitrogens is 1. The van der Waals surface area contributed by atoms with E-state index in [0.29, 0.717) is 6.54 Å². The van der Waals surface area contributed by atoms with E-state index in [1.165, 1.54) is 5.56 Å². The molecule has 0 unspecified atom stereocenters. The van der Waals surface area contributed by atoms with Crippen LogP contribution in [0.3, 0.4) is 0 Å². The van der Waals surface area contributed by atoms with E-state index in [0.717, 1.165) is 28.8 Å². The topological polar surface area (TPSA) is 60.3 Å². The summed E-state index contributed by atoms with van der Waals surface area (Å²) in [6, 6.07) is 3.87. The molecular weight excluding hydrogens is 240 g/mol. The molecule has 17 heavy (non-hydrogen) atoms. The molecule has 0 aliphatic rings. The predicted molar refractivity (Wildman–Crippen MR) is 71.4 cm³/mol. The fourth-order valence-electron chi connectivity index (χ4n) is 1.87. The van der Waals surface area contributed by atoms with E-state index in [2.05, 4.69) is 4.98 Å². The number of benzene rings is 1. The van der Waals surface area contributed by atoms with Gasteiger partial charge in [0.15, 0.2) is 0 Å². The lowest BCUT2D eigenvalue weighted by Gasteiger charge is -2.06. The lowest BCUT2D eigenvalue weighted by Crippen LogP contribution is -2.01. The lowest BCUT2D eigenvalue weighted by molar-refractivity contribution is 0.397. The van der Waals surface area contributed by atoms with Gasteiger partial charge in [-0.25, -0.2) is 0 Å². The summed E-state index contributed by atoms with van der Waals surface area (Å²) in [6.07, 6.45) is 2.82. The Morgan fingerprint density at radius 2 is 2.00 bits per heavy atom. The van der Waals surface area contributed by atoms with Crippen molar-refractivity contribution in [1.29, 1.82) is 0 Å². The zero-order chi connectivity index (χ0) is 11.5. The van der Waals surface area contributed by atoms with Crippen LogP contribution in [0.1, 0.15) is 5.56 Å². The highest BCUT2D eigenvalue weighted by Gasteiger charge is 2.10. The van der Waals surface area contributed by atoms with E-state index in [9.17, 15) is 0 Å². The van der Waals surface area contributed by atoms with E-state index in [-0.39, 0.29) is 12.4 Å². The molecule has 1 aromatic heterocycles. The molecule has 5 heteroatoms. The Balaban J connectivity index is 0.00000144. The Kier molecular flexibility index (Phi) is 4.66. The van der Waals surface area contributed by atoms with Crippen molar-refractivity contribution in [3.8, 4) is 11.5 Å². The third-order valence-electron chi connectivity index (χ3n) is 2.68. The number of nitrogens with two attached hydrogens (primary N) is 1. The van der Waals surface area contributed by atoms with Crippen molar-refractivity contribution in [2.45, 2.75) is 6.42 Å². The molecule has 0 amide bonds. The van der Waals surface area contributed by atoms with Crippen molar-refractivity contribution in [3.63, 3.8) is 0 Å². The predicted octanol–water partition coefficient (Wildman–Crippen LogP) is 2.11. The maximum Gasteiger partial charge on any atom is 0.146 e. The largest absolute Gasteiger partial charge is 0.497 e. The number of fused-ring (bicyclic) bond motifs is 1. The second-order valence-corrected chi connectivity index (χ2v) is 3.60. The summed E-state index contributed by atoms with van der Waals surface area (Å²) in [4.78, 5) is 3.21. The molecule has 94 valence electrons. The van der Waals surface area contributed by atoms with Crippen LogP contribution < -0.4 is 15.2 Å². The Labute approximate surface area is 107 Å². The van der Waals surface area contributed by atoms with E-state index >= 15 is 0 Å². The molecule has 0 aliphatic carbocycles. The smallest absolute Gasteiger partial charge is 0.146 e. The average molecular weight is 257 g/mol. The first kappa shape index (κ1) is 13.7. The third-order valence-corrected chi connectivity index (χ3v) is 2.68. The van der Waals surface area contributed by atoms with Crippen LogP contribution in [-0.2, 0) is 6.42 Å². The maximum atomic E-state index is 5.58. The van der Waals surface area contributed by atoms with Gasteiger partial charge in [-0.3, -0.25) is 0 Å². The molecule has 0 spiro atoms. The molecule has 0 saturated carbocycles. The Hall–Kier alpha value is -1.39. The number of hydrogen-bond acceptors (Lipinski definition) is 3. The molecule has 1 heterocycles. The van der Waals surface area contributed by atoms with E-state index in [1.54, 1.807) is 14.2 Å². The van der Waals surface area contributed by atoms with Gasteiger partial charge in [0.2, 0.25) is 0 Å². The molecule has 0 fully saturated rings. The zero-order valence-electron chi connectivity index (χ0n) is 9.95. The zero-order valence-corrected chi connectivity index (χ0v) is 10.8. The average Bonchev–Trinajstić information content (AvgIpc) is 2.72. The van der Waals surface area contributed by atoms with Crippen LogP contribution >= 0.6 is 12.4 Å². The van der Waals surface area contributed by atoms with E-state index in [1.807, 2.05) is 18.3 Å². The Bertz CT molecular complexity index is 496. The number of hydrogen-bond donors (Lipinski definition) is 2. The van der Waals surface area contributed by atoms with Gasteiger partial charge in [-0.05, 0) is 24.6 Å². The van der Waals surface area contributed by atoms with Crippen LogP contribution in [-0.4, -0.2) is 25.7 Å². The van der Waals surface area contributed by atoms with Crippen molar-refractivity contribution in [2.24, 2.45) is 5.73 Å². The lowest BCUT2D eigenvalue weighted by atomic mass is 10.1. The minimum Gasteiger partial charge on any atom is -0.497 e. The summed E-state index contributed by atoms with van der Waals surface area (Å²) in [5, 5.41) is 1.11. The number of rotatable bonds is 4. The van der Waals surface area contributed by atoms with Gasteiger partial charge in [-0.1, -0.05) is 0 Å². The highest BCUT2D eigenvalue weighted by Crippen LogP contribution is 2.32. The third kappa shape index (κ3) is 2.48. The first-order chi connectivity index (χ1) is 7.80. The summed E-state index contributed by atoms with van der Waals surface area (Å²) in [7, 11) is 3.30. The maximum absolute atomic E-state index is 5.58. The quantitative estimate of drug-likeness (QED) is 0.881. The number of halogens is 1. The van der Waals surface area contributed by atoms with Crippen molar-refractivity contribution in [1.82, 2.24) is 4.98 Å². The molecule has 3 N–H and O–H groups in total. The second kappa shape index (κ2) is 5.80. The first-order valence-electron chi connectivity index (χ1n) is 5.22. The van der Waals surface area contributed by atoms with Crippen molar-refractivity contribution in [2.75, 3.05) is 20.8 Å². The summed E-state index contributed by atoms with van der Waals surface area (Å²) >= 11 is 0. The summed E-state index contributed by atoms with van der Waals surface area (Å²) in [5.74, 6) is 1.58. The monoisotopic (exact) mass is 256 g/mol. The number of aromatic nitrogens is 1. The Morgan fingerprint density at radius 3 is 2.59 bits per heavy atom. The summed E-state index contributed by atoms with van der Waals surface area (Å²) in [6.45, 7) is 0.631. The standard InChI is InChI=1S/C12H16N2O2.ClH/c1-15-9-5-10-8(3-4-13)7-14-12(10)11(6-9)16-2;/h5-7,14H,3-4,13H2,1-2H3;1H. The number of aromatic amines is 1. The molecular formula is C12H17ClN2O2. The molecule has 0 bridgehead atoms. The number of ether oxygens (including phenoxy) is 2. The minimum absolute atomic E-state index is 0. The highest BCUT2D eigenvalue weighted by atomic mass is 35.5. The molecule has 0 saturated heterocycles. The van der Waals surface area contributed by atoms with Crippen LogP contribution in [0.15, 0.2) is 18.3 Å². The summed E-state index contributed by atoms with van der Waals surface area (Å²) < 4.78 is 10.6. The molecule has 0 radical (unpaired) electrons. The van der Waals surface area contributed by atoms with Gasteiger partial charge in [-0.15, -0.1) is 12.4 Å². The SMILES string of the molecule is COc1cc(OC)c2[nH]cc(CCN)c2c1.Cl. The normalized spacial score (nSPS) is 10.1. The van der Waals surface area contributed by atoms with Crippen LogP contribution in [0.2, 0.25) is 0 Å².